The second-order valence-corrected chi connectivity index (χ2v) is 4.70. The second-order valence-electron chi connectivity index (χ2n) is 4.70. The number of nitrogens with one attached hydrogen (secondary N) is 1. The summed E-state index contributed by atoms with van der Waals surface area (Å²) >= 11 is 0. The molecule has 2 N–H and O–H groups in total. The summed E-state index contributed by atoms with van der Waals surface area (Å²) in [7, 11) is 0. The fraction of sp³-hybridized carbons (Fsp3) is 0.429. The second kappa shape index (κ2) is 6.47. The van der Waals surface area contributed by atoms with Crippen molar-refractivity contribution in [1.29, 1.82) is 0 Å². The first-order chi connectivity index (χ1) is 9.61. The van der Waals surface area contributed by atoms with Crippen molar-refractivity contribution >= 4 is 11.9 Å². The van der Waals surface area contributed by atoms with E-state index in [0.717, 1.165) is 12.0 Å². The summed E-state index contributed by atoms with van der Waals surface area (Å²) in [6.45, 7) is 0.175. The lowest BCUT2D eigenvalue weighted by Gasteiger charge is -2.13. The van der Waals surface area contributed by atoms with Gasteiger partial charge < -0.3 is 15.2 Å². The van der Waals surface area contributed by atoms with Crippen LogP contribution in [0.5, 0.6) is 0 Å². The van der Waals surface area contributed by atoms with E-state index in [4.69, 9.17) is 9.84 Å². The molecule has 2 rings (SSSR count). The number of carboxylic acids is 1. The number of carbonyl (C=O) groups is 2. The van der Waals surface area contributed by atoms with Crippen molar-refractivity contribution in [3.05, 3.63) is 35.4 Å². The highest BCUT2D eigenvalue weighted by molar-refractivity contribution is 5.96. The summed E-state index contributed by atoms with van der Waals surface area (Å²) in [6, 6.07) is 5.40. The summed E-state index contributed by atoms with van der Waals surface area (Å²) in [4.78, 5) is 22.6. The van der Waals surface area contributed by atoms with Crippen LogP contribution in [-0.2, 0) is 9.53 Å². The van der Waals surface area contributed by atoms with Gasteiger partial charge in [-0.15, -0.1) is 0 Å². The lowest BCUT2D eigenvalue weighted by Crippen LogP contribution is -2.42. The monoisotopic (exact) mass is 281 g/mol. The van der Waals surface area contributed by atoms with Crippen LogP contribution in [0.15, 0.2) is 24.3 Å². The van der Waals surface area contributed by atoms with Gasteiger partial charge in [-0.25, -0.2) is 9.18 Å². The smallest absolute Gasteiger partial charge is 0.328 e. The predicted molar refractivity (Wildman–Crippen MR) is 69.5 cm³/mol. The lowest BCUT2D eigenvalue weighted by atomic mass is 9.96. The van der Waals surface area contributed by atoms with Crippen LogP contribution in [0, 0.1) is 0 Å². The number of carboxylic acid groups (broad SMARTS) is 1. The number of benzene rings is 1. The molecule has 1 saturated heterocycles. The van der Waals surface area contributed by atoms with Crippen LogP contribution < -0.4 is 5.32 Å². The van der Waals surface area contributed by atoms with Gasteiger partial charge in [0.25, 0.3) is 5.91 Å². The molecule has 108 valence electrons. The molecular weight excluding hydrogens is 265 g/mol. The molecule has 0 saturated carbocycles. The highest BCUT2D eigenvalue weighted by Crippen LogP contribution is 2.25. The van der Waals surface area contributed by atoms with Crippen molar-refractivity contribution in [1.82, 2.24) is 5.32 Å². The van der Waals surface area contributed by atoms with E-state index in [9.17, 15) is 14.0 Å². The summed E-state index contributed by atoms with van der Waals surface area (Å²) in [6.07, 6.45) is 0.896. The number of hydrogen-bond donors (Lipinski definition) is 2. The third kappa shape index (κ3) is 3.33. The van der Waals surface area contributed by atoms with E-state index >= 15 is 0 Å². The fourth-order valence-corrected chi connectivity index (χ4v) is 2.14. The molecule has 1 amide bonds. The Labute approximate surface area is 115 Å². The number of aliphatic carboxylic acids is 1. The van der Waals surface area contributed by atoms with E-state index in [1.54, 1.807) is 18.2 Å². The minimum Gasteiger partial charge on any atom is -0.480 e. The number of halogens is 1. The van der Waals surface area contributed by atoms with Crippen molar-refractivity contribution in [3.63, 3.8) is 0 Å². The highest BCUT2D eigenvalue weighted by Gasteiger charge is 2.22. The maximum atomic E-state index is 12.5. The van der Waals surface area contributed by atoms with E-state index in [0.29, 0.717) is 18.8 Å². The molecule has 1 aliphatic rings. The topological polar surface area (TPSA) is 75.6 Å². The molecule has 6 heteroatoms. The molecule has 1 aliphatic heterocycles. The quantitative estimate of drug-likeness (QED) is 0.854. The Balaban J connectivity index is 2.09. The Kier molecular flexibility index (Phi) is 4.68. The molecule has 0 radical (unpaired) electrons. The number of rotatable bonds is 5. The van der Waals surface area contributed by atoms with Gasteiger partial charge in [0.05, 0.1) is 6.61 Å². The molecule has 0 bridgehead atoms. The van der Waals surface area contributed by atoms with Crippen LogP contribution in [0.1, 0.15) is 28.3 Å². The van der Waals surface area contributed by atoms with Gasteiger partial charge in [-0.1, -0.05) is 12.1 Å². The van der Waals surface area contributed by atoms with E-state index in [2.05, 4.69) is 5.32 Å². The maximum Gasteiger partial charge on any atom is 0.328 e. The first-order valence-corrected chi connectivity index (χ1v) is 6.39. The maximum absolute atomic E-state index is 12.5. The van der Waals surface area contributed by atoms with E-state index in [1.165, 1.54) is 0 Å². The lowest BCUT2D eigenvalue weighted by molar-refractivity contribution is -0.139. The number of carbonyl (C=O) groups excluding carboxylic acids is 1. The van der Waals surface area contributed by atoms with Crippen LogP contribution in [0.25, 0.3) is 0 Å². The van der Waals surface area contributed by atoms with Gasteiger partial charge in [0.2, 0.25) is 0 Å². The SMILES string of the molecule is O=C(NC(CF)C(=O)O)c1cccc(C2CCOC2)c1. The van der Waals surface area contributed by atoms with Crippen LogP contribution in [0.3, 0.4) is 0 Å². The normalized spacial score (nSPS) is 19.6. The van der Waals surface area contributed by atoms with Crippen molar-refractivity contribution in [2.24, 2.45) is 0 Å². The van der Waals surface area contributed by atoms with Crippen LogP contribution in [0.4, 0.5) is 4.39 Å². The largest absolute Gasteiger partial charge is 0.480 e. The summed E-state index contributed by atoms with van der Waals surface area (Å²) in [5.74, 6) is -1.73. The molecule has 20 heavy (non-hydrogen) atoms. The van der Waals surface area contributed by atoms with Crippen molar-refractivity contribution in [2.75, 3.05) is 19.9 Å². The van der Waals surface area contributed by atoms with Gasteiger partial charge in [0.1, 0.15) is 6.67 Å². The van der Waals surface area contributed by atoms with Crippen molar-refractivity contribution < 1.29 is 23.8 Å². The average Bonchev–Trinajstić information content (AvgIpc) is 2.98. The van der Waals surface area contributed by atoms with E-state index in [1.807, 2.05) is 6.07 Å². The van der Waals surface area contributed by atoms with Crippen LogP contribution >= 0.6 is 0 Å². The molecule has 0 aromatic heterocycles. The number of hydrogen-bond acceptors (Lipinski definition) is 3. The van der Waals surface area contributed by atoms with Crippen molar-refractivity contribution in [2.45, 2.75) is 18.4 Å². The number of amides is 1. The van der Waals surface area contributed by atoms with Crippen molar-refractivity contribution in [3.8, 4) is 0 Å². The molecule has 1 heterocycles. The first kappa shape index (κ1) is 14.5. The van der Waals surface area contributed by atoms with Crippen LogP contribution in [0.2, 0.25) is 0 Å². The predicted octanol–water partition coefficient (Wildman–Crippen LogP) is 1.34. The minimum atomic E-state index is -1.51. The summed E-state index contributed by atoms with van der Waals surface area (Å²) in [5, 5.41) is 10.9. The zero-order chi connectivity index (χ0) is 14.5. The molecule has 0 spiro atoms. The Morgan fingerprint density at radius 3 is 2.90 bits per heavy atom. The van der Waals surface area contributed by atoms with E-state index in [-0.39, 0.29) is 5.92 Å². The molecular formula is C14H16FNO4. The average molecular weight is 281 g/mol. The first-order valence-electron chi connectivity index (χ1n) is 6.39. The van der Waals surface area contributed by atoms with Gasteiger partial charge >= 0.3 is 5.97 Å². The van der Waals surface area contributed by atoms with Gasteiger partial charge in [-0.3, -0.25) is 4.79 Å². The third-order valence-electron chi connectivity index (χ3n) is 3.31. The highest BCUT2D eigenvalue weighted by atomic mass is 19.1. The molecule has 1 aromatic rings. The molecule has 1 fully saturated rings. The molecule has 0 aliphatic carbocycles. The molecule has 2 unspecified atom stereocenters. The Morgan fingerprint density at radius 1 is 1.50 bits per heavy atom. The molecule has 2 atom stereocenters. The van der Waals surface area contributed by atoms with Gasteiger partial charge in [0, 0.05) is 18.1 Å². The molecule has 5 nitrogen and oxygen atoms in total. The number of ether oxygens (including phenoxy) is 1. The summed E-state index contributed by atoms with van der Waals surface area (Å²) < 4.78 is 17.8. The summed E-state index contributed by atoms with van der Waals surface area (Å²) in [5.41, 5.74) is 1.30. The van der Waals surface area contributed by atoms with E-state index < -0.39 is 24.6 Å². The minimum absolute atomic E-state index is 0.249. The fourth-order valence-electron chi connectivity index (χ4n) is 2.14. The van der Waals surface area contributed by atoms with Gasteiger partial charge in [-0.05, 0) is 24.1 Å². The number of alkyl halides is 1. The third-order valence-corrected chi connectivity index (χ3v) is 3.31. The van der Waals surface area contributed by atoms with Gasteiger partial charge in [0.15, 0.2) is 6.04 Å². The Morgan fingerprint density at radius 2 is 2.30 bits per heavy atom. The Hall–Kier alpha value is -1.95. The molecule has 1 aromatic carbocycles. The zero-order valence-corrected chi connectivity index (χ0v) is 10.8. The van der Waals surface area contributed by atoms with Gasteiger partial charge in [-0.2, -0.15) is 0 Å². The van der Waals surface area contributed by atoms with Crippen LogP contribution in [-0.4, -0.2) is 42.9 Å². The standard InChI is InChI=1S/C14H16FNO4/c15-7-12(14(18)19)16-13(17)10-3-1-2-9(6-10)11-4-5-20-8-11/h1-3,6,11-12H,4-5,7-8H2,(H,16,17)(H,18,19). The Bertz CT molecular complexity index is 500. The zero-order valence-electron chi connectivity index (χ0n) is 10.8.